The molecule has 0 saturated carbocycles. The number of halogens is 6. The Labute approximate surface area is 98.7 Å². The first-order valence-electron chi connectivity index (χ1n) is 4.72. The molecule has 1 nitrogen and oxygen atoms in total. The monoisotopic (exact) mass is 270 g/mol. The van der Waals surface area contributed by atoms with Crippen LogP contribution in [0, 0.1) is 0 Å². The van der Waals surface area contributed by atoms with Crippen molar-refractivity contribution < 1.29 is 31.1 Å². The van der Waals surface area contributed by atoms with Crippen molar-refractivity contribution in [2.75, 3.05) is 0 Å². The molecule has 0 aliphatic heterocycles. The number of hydrogen-bond donors (Lipinski definition) is 0. The Morgan fingerprint density at radius 3 is 2.00 bits per heavy atom. The lowest BCUT2D eigenvalue weighted by atomic mass is 10.2. The number of allylic oxidation sites excluding steroid dienone is 2. The van der Waals surface area contributed by atoms with Gasteiger partial charge in [-0.3, -0.25) is 0 Å². The summed E-state index contributed by atoms with van der Waals surface area (Å²) in [6.45, 7) is -0.581. The molecule has 7 heteroatoms. The smallest absolute Gasteiger partial charge is 0.448 e. The highest BCUT2D eigenvalue weighted by Gasteiger charge is 2.40. The van der Waals surface area contributed by atoms with Crippen LogP contribution in [0.2, 0.25) is 0 Å². The molecule has 0 radical (unpaired) electrons. The molecule has 1 aromatic carbocycles. The summed E-state index contributed by atoms with van der Waals surface area (Å²) in [6.07, 6.45) is -11.2. The largest absolute Gasteiger partial charge is 0.484 e. The molecule has 1 rings (SSSR count). The first-order chi connectivity index (χ1) is 8.18. The van der Waals surface area contributed by atoms with Gasteiger partial charge in [0.05, 0.1) is 6.08 Å². The van der Waals surface area contributed by atoms with Crippen LogP contribution in [0.5, 0.6) is 0 Å². The predicted octanol–water partition coefficient (Wildman–Crippen LogP) is 4.21. The first-order valence-corrected chi connectivity index (χ1v) is 4.72. The molecule has 100 valence electrons. The Hall–Kier alpha value is -1.66. The maximum atomic E-state index is 12.3. The van der Waals surface area contributed by atoms with Gasteiger partial charge in [0.2, 0.25) is 5.76 Å². The van der Waals surface area contributed by atoms with E-state index in [1.807, 2.05) is 0 Å². The van der Waals surface area contributed by atoms with Crippen molar-refractivity contribution in [2.24, 2.45) is 0 Å². The average molecular weight is 270 g/mol. The molecular formula is C11H8F6O. The summed E-state index contributed by atoms with van der Waals surface area (Å²) < 4.78 is 76.7. The molecular weight excluding hydrogens is 262 g/mol. The zero-order valence-corrected chi connectivity index (χ0v) is 8.85. The third kappa shape index (κ3) is 5.11. The van der Waals surface area contributed by atoms with E-state index in [1.165, 1.54) is 12.1 Å². The molecule has 0 N–H and O–H groups in total. The van der Waals surface area contributed by atoms with Gasteiger partial charge in [0.15, 0.2) is 0 Å². The molecule has 0 aliphatic rings. The van der Waals surface area contributed by atoms with Crippen molar-refractivity contribution in [1.29, 1.82) is 0 Å². The Morgan fingerprint density at radius 2 is 1.56 bits per heavy atom. The summed E-state index contributed by atoms with van der Waals surface area (Å²) in [5, 5.41) is 0. The van der Waals surface area contributed by atoms with Crippen molar-refractivity contribution >= 4 is 0 Å². The molecule has 0 atom stereocenters. The van der Waals surface area contributed by atoms with Crippen LogP contribution < -0.4 is 0 Å². The molecule has 0 spiro atoms. The fourth-order valence-electron chi connectivity index (χ4n) is 1.09. The summed E-state index contributed by atoms with van der Waals surface area (Å²) in [7, 11) is 0. The predicted molar refractivity (Wildman–Crippen MR) is 51.4 cm³/mol. The summed E-state index contributed by atoms with van der Waals surface area (Å²) in [6, 6.07) is 7.60. The zero-order valence-electron chi connectivity index (χ0n) is 8.85. The van der Waals surface area contributed by atoms with E-state index in [0.29, 0.717) is 5.56 Å². The minimum atomic E-state index is -5.18. The normalized spacial score (nSPS) is 13.6. The molecule has 0 aromatic heterocycles. The van der Waals surface area contributed by atoms with Crippen LogP contribution in [0.25, 0.3) is 0 Å². The zero-order chi connectivity index (χ0) is 13.8. The van der Waals surface area contributed by atoms with Crippen LogP contribution in [0.4, 0.5) is 26.3 Å². The number of rotatable bonds is 3. The maximum absolute atomic E-state index is 12.3. The second kappa shape index (κ2) is 5.32. The molecule has 0 fully saturated rings. The molecule has 0 amide bonds. The molecule has 18 heavy (non-hydrogen) atoms. The number of alkyl halides is 6. The van der Waals surface area contributed by atoms with Gasteiger partial charge in [-0.2, -0.15) is 26.3 Å². The average Bonchev–Trinajstić information content (AvgIpc) is 2.22. The van der Waals surface area contributed by atoms with E-state index < -0.39 is 30.8 Å². The van der Waals surface area contributed by atoms with Gasteiger partial charge in [0, 0.05) is 0 Å². The lowest BCUT2D eigenvalue weighted by molar-refractivity contribution is -0.143. The second-order valence-corrected chi connectivity index (χ2v) is 3.32. The van der Waals surface area contributed by atoms with Crippen molar-refractivity contribution in [3.8, 4) is 0 Å². The second-order valence-electron chi connectivity index (χ2n) is 3.32. The van der Waals surface area contributed by atoms with Crippen molar-refractivity contribution in [3.05, 3.63) is 47.7 Å². The summed E-state index contributed by atoms with van der Waals surface area (Å²) in [4.78, 5) is 0. The van der Waals surface area contributed by atoms with E-state index in [1.54, 1.807) is 18.2 Å². The van der Waals surface area contributed by atoms with E-state index >= 15 is 0 Å². The van der Waals surface area contributed by atoms with E-state index in [9.17, 15) is 26.3 Å². The standard InChI is InChI=1S/C11H8F6O/c12-10(13,14)6-9(11(15,16)17)18-7-8-4-2-1-3-5-8/h1-6H,7H2/b9-6-. The summed E-state index contributed by atoms with van der Waals surface area (Å²) in [5.41, 5.74) is 0.342. The minimum Gasteiger partial charge on any atom is -0.484 e. The minimum absolute atomic E-state index is 0.342. The van der Waals surface area contributed by atoms with Crippen LogP contribution in [-0.2, 0) is 11.3 Å². The van der Waals surface area contributed by atoms with Crippen LogP contribution >= 0.6 is 0 Å². The van der Waals surface area contributed by atoms with Gasteiger partial charge >= 0.3 is 12.4 Å². The van der Waals surface area contributed by atoms with E-state index in [-0.39, 0.29) is 0 Å². The highest BCUT2D eigenvalue weighted by molar-refractivity contribution is 5.14. The molecule has 0 aliphatic carbocycles. The Bertz CT molecular complexity index is 404. The third-order valence-electron chi connectivity index (χ3n) is 1.81. The number of hydrogen-bond acceptors (Lipinski definition) is 1. The molecule has 0 bridgehead atoms. The quantitative estimate of drug-likeness (QED) is 0.590. The van der Waals surface area contributed by atoms with Crippen molar-refractivity contribution in [1.82, 2.24) is 0 Å². The first kappa shape index (κ1) is 14.4. The molecule has 1 aromatic rings. The van der Waals surface area contributed by atoms with Crippen molar-refractivity contribution in [3.63, 3.8) is 0 Å². The Balaban J connectivity index is 2.79. The van der Waals surface area contributed by atoms with Crippen LogP contribution in [0.1, 0.15) is 5.56 Å². The maximum Gasteiger partial charge on any atom is 0.448 e. The van der Waals surface area contributed by atoms with E-state index in [0.717, 1.165) is 0 Å². The molecule has 0 heterocycles. The van der Waals surface area contributed by atoms with Crippen LogP contribution in [0.3, 0.4) is 0 Å². The fraction of sp³-hybridized carbons (Fsp3) is 0.273. The van der Waals surface area contributed by atoms with Gasteiger partial charge in [0.1, 0.15) is 6.61 Å². The van der Waals surface area contributed by atoms with Crippen molar-refractivity contribution in [2.45, 2.75) is 19.0 Å². The number of ether oxygens (including phenoxy) is 1. The Morgan fingerprint density at radius 1 is 1.00 bits per heavy atom. The van der Waals surface area contributed by atoms with Gasteiger partial charge in [-0.1, -0.05) is 30.3 Å². The van der Waals surface area contributed by atoms with E-state index in [4.69, 9.17) is 0 Å². The van der Waals surface area contributed by atoms with Crippen LogP contribution in [-0.4, -0.2) is 12.4 Å². The lowest BCUT2D eigenvalue weighted by Crippen LogP contribution is -2.18. The van der Waals surface area contributed by atoms with E-state index in [2.05, 4.69) is 4.74 Å². The number of benzene rings is 1. The topological polar surface area (TPSA) is 9.23 Å². The highest BCUT2D eigenvalue weighted by atomic mass is 19.4. The SMILES string of the molecule is FC(F)(F)/C=C(\OCc1ccccc1)C(F)(F)F. The molecule has 0 unspecified atom stereocenters. The van der Waals surface area contributed by atoms with Gasteiger partial charge in [-0.25, -0.2) is 0 Å². The Kier molecular flexibility index (Phi) is 4.26. The summed E-state index contributed by atoms with van der Waals surface area (Å²) in [5.74, 6) is -2.06. The lowest BCUT2D eigenvalue weighted by Gasteiger charge is -2.14. The third-order valence-corrected chi connectivity index (χ3v) is 1.81. The van der Waals surface area contributed by atoms with Gasteiger partial charge in [-0.05, 0) is 5.56 Å². The van der Waals surface area contributed by atoms with Gasteiger partial charge < -0.3 is 4.74 Å². The highest BCUT2D eigenvalue weighted by Crippen LogP contribution is 2.31. The summed E-state index contributed by atoms with van der Waals surface area (Å²) >= 11 is 0. The van der Waals surface area contributed by atoms with Gasteiger partial charge in [-0.15, -0.1) is 0 Å². The fourth-order valence-corrected chi connectivity index (χ4v) is 1.09. The van der Waals surface area contributed by atoms with Gasteiger partial charge in [0.25, 0.3) is 0 Å². The molecule has 0 saturated heterocycles. The van der Waals surface area contributed by atoms with Crippen LogP contribution in [0.15, 0.2) is 42.2 Å².